The van der Waals surface area contributed by atoms with E-state index in [1.165, 1.54) is 22.2 Å². The number of allylic oxidation sites excluding steroid dienone is 2. The SMILES string of the molecule is CC(C)=CCCC(C)CCOC/C=C1\SC(=S)N(CCCC(=O)O)C1=O. The Kier molecular flexibility index (Phi) is 10.8. The zero-order chi connectivity index (χ0) is 19.5. The van der Waals surface area contributed by atoms with Crippen LogP contribution < -0.4 is 0 Å². The lowest BCUT2D eigenvalue weighted by atomic mass is 10.0. The van der Waals surface area contributed by atoms with E-state index in [-0.39, 0.29) is 12.3 Å². The topological polar surface area (TPSA) is 66.8 Å². The molecule has 0 aromatic carbocycles. The molecule has 0 bridgehead atoms. The van der Waals surface area contributed by atoms with Crippen LogP contribution in [0.5, 0.6) is 0 Å². The van der Waals surface area contributed by atoms with Crippen molar-refractivity contribution in [2.45, 2.75) is 52.9 Å². The second-order valence-electron chi connectivity index (χ2n) is 6.72. The third-order valence-corrected chi connectivity index (χ3v) is 5.43. The Balaban J connectivity index is 2.27. The highest BCUT2D eigenvalue weighted by Crippen LogP contribution is 2.30. The molecule has 1 aliphatic rings. The van der Waals surface area contributed by atoms with E-state index in [0.29, 0.717) is 41.3 Å². The Labute approximate surface area is 165 Å². The van der Waals surface area contributed by atoms with Crippen LogP contribution in [0.2, 0.25) is 0 Å². The molecule has 0 aromatic rings. The number of nitrogens with zero attached hydrogens (tertiary/aromatic N) is 1. The summed E-state index contributed by atoms with van der Waals surface area (Å²) in [6.07, 6.45) is 7.72. The maximum atomic E-state index is 12.3. The Bertz CT molecular complexity index is 568. The van der Waals surface area contributed by atoms with Gasteiger partial charge in [0.2, 0.25) is 0 Å². The molecule has 0 radical (unpaired) electrons. The number of thiocarbonyl (C=S) groups is 1. The van der Waals surface area contributed by atoms with Crippen LogP contribution in [0.15, 0.2) is 22.6 Å². The maximum Gasteiger partial charge on any atom is 0.303 e. The van der Waals surface area contributed by atoms with E-state index in [1.54, 1.807) is 6.08 Å². The molecule has 7 heteroatoms. The zero-order valence-corrected chi connectivity index (χ0v) is 17.5. The number of ether oxygens (including phenoxy) is 1. The van der Waals surface area contributed by atoms with E-state index >= 15 is 0 Å². The molecule has 1 saturated heterocycles. The van der Waals surface area contributed by atoms with Crippen molar-refractivity contribution in [3.63, 3.8) is 0 Å². The molecule has 0 aliphatic carbocycles. The van der Waals surface area contributed by atoms with Crippen molar-refractivity contribution in [1.82, 2.24) is 4.90 Å². The molecule has 1 amide bonds. The Morgan fingerprint density at radius 2 is 2.12 bits per heavy atom. The fourth-order valence-electron chi connectivity index (χ4n) is 2.42. The van der Waals surface area contributed by atoms with Gasteiger partial charge in [0.1, 0.15) is 4.32 Å². The molecule has 1 rings (SSSR count). The van der Waals surface area contributed by atoms with Crippen molar-refractivity contribution in [3.8, 4) is 0 Å². The smallest absolute Gasteiger partial charge is 0.303 e. The van der Waals surface area contributed by atoms with E-state index in [4.69, 9.17) is 22.1 Å². The molecule has 0 saturated carbocycles. The van der Waals surface area contributed by atoms with Gasteiger partial charge in [0.25, 0.3) is 5.91 Å². The largest absolute Gasteiger partial charge is 0.481 e. The van der Waals surface area contributed by atoms with Gasteiger partial charge in [-0.05, 0) is 51.5 Å². The highest BCUT2D eigenvalue weighted by atomic mass is 32.2. The molecule has 1 N–H and O–H groups in total. The minimum Gasteiger partial charge on any atom is -0.481 e. The highest BCUT2D eigenvalue weighted by Gasteiger charge is 2.31. The van der Waals surface area contributed by atoms with Crippen molar-refractivity contribution in [3.05, 3.63) is 22.6 Å². The number of carbonyl (C=O) groups is 2. The number of hydrogen-bond donors (Lipinski definition) is 1. The van der Waals surface area contributed by atoms with E-state index in [9.17, 15) is 9.59 Å². The Hall–Kier alpha value is -1.18. The first-order valence-electron chi connectivity index (χ1n) is 8.98. The minimum atomic E-state index is -0.866. The predicted octanol–water partition coefficient (Wildman–Crippen LogP) is 4.38. The van der Waals surface area contributed by atoms with Crippen LogP contribution in [0, 0.1) is 5.92 Å². The summed E-state index contributed by atoms with van der Waals surface area (Å²) in [5.74, 6) is -0.406. The molecular formula is C19H29NO4S2. The van der Waals surface area contributed by atoms with Crippen molar-refractivity contribution < 1.29 is 19.4 Å². The lowest BCUT2D eigenvalue weighted by molar-refractivity contribution is -0.137. The average Bonchev–Trinajstić information content (AvgIpc) is 2.81. The molecule has 26 heavy (non-hydrogen) atoms. The first kappa shape index (κ1) is 22.9. The monoisotopic (exact) mass is 399 g/mol. The summed E-state index contributed by atoms with van der Waals surface area (Å²) >= 11 is 6.46. The van der Waals surface area contributed by atoms with Gasteiger partial charge in [-0.3, -0.25) is 14.5 Å². The summed E-state index contributed by atoms with van der Waals surface area (Å²) in [6, 6.07) is 0. The van der Waals surface area contributed by atoms with Crippen LogP contribution in [0.25, 0.3) is 0 Å². The van der Waals surface area contributed by atoms with Crippen LogP contribution in [-0.2, 0) is 14.3 Å². The average molecular weight is 400 g/mol. The minimum absolute atomic E-state index is 0.0328. The summed E-state index contributed by atoms with van der Waals surface area (Å²) in [5.41, 5.74) is 1.36. The summed E-state index contributed by atoms with van der Waals surface area (Å²) in [4.78, 5) is 24.9. The Morgan fingerprint density at radius 3 is 2.77 bits per heavy atom. The number of carbonyl (C=O) groups excluding carboxylic acids is 1. The van der Waals surface area contributed by atoms with Crippen molar-refractivity contribution in [2.75, 3.05) is 19.8 Å². The Morgan fingerprint density at radius 1 is 1.38 bits per heavy atom. The number of amides is 1. The maximum absolute atomic E-state index is 12.3. The third kappa shape index (κ3) is 8.96. The molecule has 5 nitrogen and oxygen atoms in total. The first-order chi connectivity index (χ1) is 12.3. The van der Waals surface area contributed by atoms with Gasteiger partial charge < -0.3 is 9.84 Å². The molecular weight excluding hydrogens is 370 g/mol. The number of aliphatic carboxylic acids is 1. The second kappa shape index (κ2) is 12.3. The van der Waals surface area contributed by atoms with Crippen molar-refractivity contribution >= 4 is 40.2 Å². The standard InChI is InChI=1S/C19H29NO4S2/c1-14(2)6-4-7-15(3)9-12-24-13-10-16-18(23)20(19(25)26-16)11-5-8-17(21)22/h6,10,15H,4-5,7-9,11-13H2,1-3H3,(H,21,22)/b16-10-. The van der Waals surface area contributed by atoms with Crippen LogP contribution in [0.1, 0.15) is 52.9 Å². The molecule has 0 spiro atoms. The van der Waals surface area contributed by atoms with Gasteiger partial charge in [-0.2, -0.15) is 0 Å². The van der Waals surface area contributed by atoms with Crippen LogP contribution in [0.3, 0.4) is 0 Å². The van der Waals surface area contributed by atoms with E-state index in [2.05, 4.69) is 26.8 Å². The second-order valence-corrected chi connectivity index (χ2v) is 8.39. The number of carboxylic acid groups (broad SMARTS) is 1. The normalized spacial score (nSPS) is 17.0. The third-order valence-electron chi connectivity index (χ3n) is 4.00. The summed E-state index contributed by atoms with van der Waals surface area (Å²) in [7, 11) is 0. The van der Waals surface area contributed by atoms with Gasteiger partial charge >= 0.3 is 5.97 Å². The lowest BCUT2D eigenvalue weighted by Crippen LogP contribution is -2.29. The molecule has 1 aliphatic heterocycles. The van der Waals surface area contributed by atoms with Crippen LogP contribution in [-0.4, -0.2) is 46.0 Å². The fraction of sp³-hybridized carbons (Fsp3) is 0.632. The van der Waals surface area contributed by atoms with Crippen LogP contribution >= 0.6 is 24.0 Å². The number of hydrogen-bond acceptors (Lipinski definition) is 5. The number of carboxylic acids is 1. The zero-order valence-electron chi connectivity index (χ0n) is 15.8. The van der Waals surface area contributed by atoms with Gasteiger partial charge in [-0.1, -0.05) is 42.6 Å². The molecule has 146 valence electrons. The molecule has 1 atom stereocenters. The summed E-state index contributed by atoms with van der Waals surface area (Å²) < 4.78 is 6.11. The van der Waals surface area contributed by atoms with E-state index in [0.717, 1.165) is 19.3 Å². The predicted molar refractivity (Wildman–Crippen MR) is 110 cm³/mol. The van der Waals surface area contributed by atoms with Gasteiger partial charge in [0.05, 0.1) is 11.5 Å². The molecule has 1 fully saturated rings. The van der Waals surface area contributed by atoms with Crippen LogP contribution in [0.4, 0.5) is 0 Å². The summed E-state index contributed by atoms with van der Waals surface area (Å²) in [6.45, 7) is 7.86. The van der Waals surface area contributed by atoms with Gasteiger partial charge in [-0.15, -0.1) is 0 Å². The van der Waals surface area contributed by atoms with E-state index < -0.39 is 5.97 Å². The lowest BCUT2D eigenvalue weighted by Gasteiger charge is -2.13. The first-order valence-corrected chi connectivity index (χ1v) is 10.2. The van der Waals surface area contributed by atoms with Crippen molar-refractivity contribution in [1.29, 1.82) is 0 Å². The van der Waals surface area contributed by atoms with Crippen molar-refractivity contribution in [2.24, 2.45) is 5.92 Å². The molecule has 1 heterocycles. The fourth-order valence-corrected chi connectivity index (χ4v) is 3.69. The van der Waals surface area contributed by atoms with Gasteiger partial charge in [0, 0.05) is 19.6 Å². The number of rotatable bonds is 12. The van der Waals surface area contributed by atoms with Gasteiger partial charge in [-0.25, -0.2) is 0 Å². The van der Waals surface area contributed by atoms with Gasteiger partial charge in [0.15, 0.2) is 0 Å². The van der Waals surface area contributed by atoms with E-state index in [1.807, 2.05) is 0 Å². The highest BCUT2D eigenvalue weighted by molar-refractivity contribution is 8.26. The molecule has 0 aromatic heterocycles. The quantitative estimate of drug-likeness (QED) is 0.227. The summed E-state index contributed by atoms with van der Waals surface area (Å²) in [5, 5.41) is 8.68. The number of thioether (sulfide) groups is 1. The molecule has 1 unspecified atom stereocenters.